The first-order valence-electron chi connectivity index (χ1n) is 7.13. The van der Waals surface area contributed by atoms with Gasteiger partial charge in [-0.05, 0) is 42.8 Å². The molecule has 3 aromatic rings. The van der Waals surface area contributed by atoms with E-state index in [1.54, 1.807) is 12.1 Å². The maximum absolute atomic E-state index is 12.2. The zero-order chi connectivity index (χ0) is 16.4. The molecule has 0 aliphatic heterocycles. The first-order valence-corrected chi connectivity index (χ1v) is 9.00. The number of pyridine rings is 1. The highest BCUT2D eigenvalue weighted by Gasteiger charge is 2.13. The second kappa shape index (κ2) is 6.31. The zero-order valence-electron chi connectivity index (χ0n) is 12.5. The van der Waals surface area contributed by atoms with Crippen molar-refractivity contribution in [2.45, 2.75) is 18.2 Å². The zero-order valence-corrected chi connectivity index (χ0v) is 14.1. The normalized spacial score (nSPS) is 11.9. The van der Waals surface area contributed by atoms with Gasteiger partial charge in [-0.1, -0.05) is 17.7 Å². The van der Waals surface area contributed by atoms with Gasteiger partial charge >= 0.3 is 0 Å². The molecule has 0 aliphatic rings. The van der Waals surface area contributed by atoms with Crippen molar-refractivity contribution in [1.29, 1.82) is 0 Å². The van der Waals surface area contributed by atoms with Gasteiger partial charge in [0, 0.05) is 30.4 Å². The van der Waals surface area contributed by atoms with Crippen LogP contribution in [0.25, 0.3) is 5.65 Å². The number of fused-ring (bicyclic) bond motifs is 1. The molecule has 5 nitrogen and oxygen atoms in total. The lowest BCUT2D eigenvalue weighted by molar-refractivity contribution is 0.581. The van der Waals surface area contributed by atoms with E-state index in [1.165, 1.54) is 12.1 Å². The van der Waals surface area contributed by atoms with Crippen LogP contribution >= 0.6 is 11.6 Å². The fourth-order valence-corrected chi connectivity index (χ4v) is 3.44. The van der Waals surface area contributed by atoms with Crippen molar-refractivity contribution in [3.8, 4) is 0 Å². The van der Waals surface area contributed by atoms with E-state index < -0.39 is 10.0 Å². The van der Waals surface area contributed by atoms with Crippen LogP contribution in [0.1, 0.15) is 11.3 Å². The molecule has 0 saturated heterocycles. The van der Waals surface area contributed by atoms with E-state index in [-0.39, 0.29) is 11.4 Å². The summed E-state index contributed by atoms with van der Waals surface area (Å²) in [7, 11) is -3.53. The molecule has 0 amide bonds. The topological polar surface area (TPSA) is 63.5 Å². The van der Waals surface area contributed by atoms with Gasteiger partial charge < -0.3 is 4.40 Å². The van der Waals surface area contributed by atoms with Crippen molar-refractivity contribution in [2.24, 2.45) is 0 Å². The number of aromatic nitrogens is 2. The van der Waals surface area contributed by atoms with Crippen LogP contribution in [-0.2, 0) is 16.4 Å². The van der Waals surface area contributed by atoms with Crippen molar-refractivity contribution in [3.63, 3.8) is 0 Å². The SMILES string of the molecule is Cc1ccc2nc(CCNS(=O)(=O)c3ccc(Cl)cc3)cn2c1. The number of nitrogens with zero attached hydrogens (tertiary/aromatic N) is 2. The monoisotopic (exact) mass is 349 g/mol. The summed E-state index contributed by atoms with van der Waals surface area (Å²) in [5.74, 6) is 0. The van der Waals surface area contributed by atoms with Crippen LogP contribution < -0.4 is 4.72 Å². The Hall–Kier alpha value is -1.89. The van der Waals surface area contributed by atoms with Gasteiger partial charge in [-0.3, -0.25) is 0 Å². The maximum atomic E-state index is 12.2. The second-order valence-corrected chi connectivity index (χ2v) is 7.51. The number of nitrogens with one attached hydrogen (secondary N) is 1. The van der Waals surface area contributed by atoms with Crippen LogP contribution in [0.2, 0.25) is 5.02 Å². The lowest BCUT2D eigenvalue weighted by Crippen LogP contribution is -2.26. The summed E-state index contributed by atoms with van der Waals surface area (Å²) in [4.78, 5) is 4.67. The summed E-state index contributed by atoms with van der Waals surface area (Å²) in [6.45, 7) is 2.30. The number of imidazole rings is 1. The molecule has 0 aliphatic carbocycles. The Morgan fingerprint density at radius 2 is 1.87 bits per heavy atom. The van der Waals surface area contributed by atoms with Crippen LogP contribution in [-0.4, -0.2) is 24.3 Å². The number of halogens is 1. The molecule has 0 atom stereocenters. The van der Waals surface area contributed by atoms with E-state index in [1.807, 2.05) is 35.9 Å². The summed E-state index contributed by atoms with van der Waals surface area (Å²) < 4.78 is 28.9. The first-order chi connectivity index (χ1) is 10.9. The van der Waals surface area contributed by atoms with Crippen LogP contribution in [0.3, 0.4) is 0 Å². The molecule has 0 spiro atoms. The van der Waals surface area contributed by atoms with Crippen molar-refractivity contribution < 1.29 is 8.42 Å². The minimum Gasteiger partial charge on any atom is -0.307 e. The Morgan fingerprint density at radius 3 is 2.61 bits per heavy atom. The summed E-state index contributed by atoms with van der Waals surface area (Å²) in [5.41, 5.74) is 2.84. The Kier molecular flexibility index (Phi) is 4.39. The number of benzene rings is 1. The highest BCUT2D eigenvalue weighted by atomic mass is 35.5. The van der Waals surface area contributed by atoms with Crippen molar-refractivity contribution in [3.05, 3.63) is 65.1 Å². The predicted molar refractivity (Wildman–Crippen MR) is 90.3 cm³/mol. The molecule has 0 unspecified atom stereocenters. The molecule has 0 fully saturated rings. The molecule has 2 heterocycles. The van der Waals surface area contributed by atoms with Crippen molar-refractivity contribution in [1.82, 2.24) is 14.1 Å². The standard InChI is InChI=1S/C16H16ClN3O2S/c1-12-2-7-16-19-14(11-20(16)10-12)8-9-18-23(21,22)15-5-3-13(17)4-6-15/h2-7,10-11,18H,8-9H2,1H3. The van der Waals surface area contributed by atoms with Gasteiger partial charge in [-0.2, -0.15) is 0 Å². The molecule has 1 aromatic carbocycles. The van der Waals surface area contributed by atoms with E-state index in [0.717, 1.165) is 16.9 Å². The Balaban J connectivity index is 1.66. The van der Waals surface area contributed by atoms with E-state index >= 15 is 0 Å². The number of sulfonamides is 1. The Morgan fingerprint density at radius 1 is 1.13 bits per heavy atom. The molecule has 23 heavy (non-hydrogen) atoms. The maximum Gasteiger partial charge on any atom is 0.240 e. The number of aryl methyl sites for hydroxylation is 1. The lowest BCUT2D eigenvalue weighted by atomic mass is 10.3. The average molecular weight is 350 g/mol. The van der Waals surface area contributed by atoms with Gasteiger partial charge in [0.1, 0.15) is 5.65 Å². The van der Waals surface area contributed by atoms with Gasteiger partial charge in [-0.25, -0.2) is 18.1 Å². The molecule has 1 N–H and O–H groups in total. The fraction of sp³-hybridized carbons (Fsp3) is 0.188. The van der Waals surface area contributed by atoms with Crippen LogP contribution in [0.4, 0.5) is 0 Å². The largest absolute Gasteiger partial charge is 0.307 e. The molecule has 120 valence electrons. The summed E-state index contributed by atoms with van der Waals surface area (Å²) >= 11 is 5.77. The molecule has 2 aromatic heterocycles. The smallest absolute Gasteiger partial charge is 0.240 e. The van der Waals surface area contributed by atoms with E-state index in [2.05, 4.69) is 9.71 Å². The van der Waals surface area contributed by atoms with E-state index in [4.69, 9.17) is 11.6 Å². The molecule has 3 rings (SSSR count). The van der Waals surface area contributed by atoms with Crippen LogP contribution in [0.5, 0.6) is 0 Å². The highest BCUT2D eigenvalue weighted by molar-refractivity contribution is 7.89. The summed E-state index contributed by atoms with van der Waals surface area (Å²) in [5, 5.41) is 0.504. The third-order valence-corrected chi connectivity index (χ3v) is 5.17. The van der Waals surface area contributed by atoms with E-state index in [0.29, 0.717) is 11.4 Å². The molecular weight excluding hydrogens is 334 g/mol. The number of hydrogen-bond acceptors (Lipinski definition) is 3. The van der Waals surface area contributed by atoms with Gasteiger partial charge in [0.15, 0.2) is 0 Å². The third kappa shape index (κ3) is 3.72. The summed E-state index contributed by atoms with van der Waals surface area (Å²) in [6.07, 6.45) is 4.43. The van der Waals surface area contributed by atoms with Gasteiger partial charge in [0.2, 0.25) is 10.0 Å². The van der Waals surface area contributed by atoms with Crippen molar-refractivity contribution in [2.75, 3.05) is 6.54 Å². The van der Waals surface area contributed by atoms with Crippen LogP contribution in [0.15, 0.2) is 53.7 Å². The average Bonchev–Trinajstić information content (AvgIpc) is 2.89. The van der Waals surface area contributed by atoms with Crippen molar-refractivity contribution >= 4 is 27.3 Å². The van der Waals surface area contributed by atoms with Gasteiger partial charge in [0.05, 0.1) is 10.6 Å². The number of hydrogen-bond donors (Lipinski definition) is 1. The first kappa shape index (κ1) is 16.0. The lowest BCUT2D eigenvalue weighted by Gasteiger charge is -2.05. The van der Waals surface area contributed by atoms with E-state index in [9.17, 15) is 8.42 Å². The minimum absolute atomic E-state index is 0.201. The fourth-order valence-electron chi connectivity index (χ4n) is 2.29. The molecule has 0 radical (unpaired) electrons. The molecule has 7 heteroatoms. The molecular formula is C16H16ClN3O2S. The molecule has 0 bridgehead atoms. The number of rotatable bonds is 5. The highest BCUT2D eigenvalue weighted by Crippen LogP contribution is 2.14. The quantitative estimate of drug-likeness (QED) is 0.770. The Labute approximate surface area is 140 Å². The van der Waals surface area contributed by atoms with Crippen LogP contribution in [0, 0.1) is 6.92 Å². The summed E-state index contributed by atoms with van der Waals surface area (Å²) in [6, 6.07) is 10.0. The third-order valence-electron chi connectivity index (χ3n) is 3.45. The predicted octanol–water partition coefficient (Wildman–Crippen LogP) is 2.82. The second-order valence-electron chi connectivity index (χ2n) is 5.31. The minimum atomic E-state index is -3.53. The Bertz CT molecular complexity index is 934. The van der Waals surface area contributed by atoms with Gasteiger partial charge in [0.25, 0.3) is 0 Å². The van der Waals surface area contributed by atoms with Gasteiger partial charge in [-0.15, -0.1) is 0 Å². The molecule has 0 saturated carbocycles.